The summed E-state index contributed by atoms with van der Waals surface area (Å²) < 4.78 is 4.90. The fraction of sp³-hybridized carbons (Fsp3) is 0.467. The SMILES string of the molecule is CC(C)(CCC(=O)[C@@H](N)Cc1ccccc1)OC=O. The highest BCUT2D eigenvalue weighted by Gasteiger charge is 2.22. The Kier molecular flexibility index (Phi) is 5.70. The number of hydrogen-bond donors (Lipinski definition) is 1. The number of carbonyl (C=O) groups excluding carboxylic acids is 2. The molecule has 4 heteroatoms. The predicted molar refractivity (Wildman–Crippen MR) is 73.6 cm³/mol. The summed E-state index contributed by atoms with van der Waals surface area (Å²) in [6.07, 6.45) is 1.33. The van der Waals surface area contributed by atoms with Gasteiger partial charge in [0.1, 0.15) is 11.4 Å². The molecule has 1 atom stereocenters. The number of benzene rings is 1. The summed E-state index contributed by atoms with van der Waals surface area (Å²) in [5.74, 6) is -0.00794. The Hall–Kier alpha value is -1.68. The second-order valence-electron chi connectivity index (χ2n) is 5.24. The Bertz CT molecular complexity index is 415. The Morgan fingerprint density at radius 1 is 1.37 bits per heavy atom. The molecule has 104 valence electrons. The molecule has 0 aliphatic carbocycles. The molecule has 0 spiro atoms. The molecule has 1 aromatic carbocycles. The molecule has 0 radical (unpaired) electrons. The Labute approximate surface area is 113 Å². The van der Waals surface area contributed by atoms with Crippen LogP contribution in [0.15, 0.2) is 30.3 Å². The molecule has 2 N–H and O–H groups in total. The van der Waals surface area contributed by atoms with Crippen molar-refractivity contribution in [3.8, 4) is 0 Å². The zero-order chi connectivity index (χ0) is 14.3. The molecule has 0 fully saturated rings. The van der Waals surface area contributed by atoms with E-state index in [0.717, 1.165) is 5.56 Å². The van der Waals surface area contributed by atoms with Crippen LogP contribution in [0.5, 0.6) is 0 Å². The molecular weight excluding hydrogens is 242 g/mol. The zero-order valence-electron chi connectivity index (χ0n) is 11.5. The topological polar surface area (TPSA) is 69.4 Å². The lowest BCUT2D eigenvalue weighted by Crippen LogP contribution is -2.34. The molecule has 0 aliphatic heterocycles. The Morgan fingerprint density at radius 3 is 2.58 bits per heavy atom. The van der Waals surface area contributed by atoms with Gasteiger partial charge in [-0.05, 0) is 32.3 Å². The van der Waals surface area contributed by atoms with Crippen molar-refractivity contribution in [3.05, 3.63) is 35.9 Å². The molecule has 0 heterocycles. The first-order chi connectivity index (χ1) is 8.94. The molecule has 0 saturated heterocycles. The first-order valence-corrected chi connectivity index (χ1v) is 6.38. The van der Waals surface area contributed by atoms with Gasteiger partial charge in [0.15, 0.2) is 0 Å². The van der Waals surface area contributed by atoms with E-state index < -0.39 is 11.6 Å². The van der Waals surface area contributed by atoms with Gasteiger partial charge in [-0.2, -0.15) is 0 Å². The second-order valence-corrected chi connectivity index (χ2v) is 5.24. The van der Waals surface area contributed by atoms with Crippen LogP contribution >= 0.6 is 0 Å². The van der Waals surface area contributed by atoms with Gasteiger partial charge in [-0.3, -0.25) is 9.59 Å². The summed E-state index contributed by atoms with van der Waals surface area (Å²) in [6, 6.07) is 9.17. The molecule has 0 bridgehead atoms. The highest BCUT2D eigenvalue weighted by atomic mass is 16.5. The predicted octanol–water partition coefficient (Wildman–Crippen LogP) is 1.86. The molecule has 0 aliphatic rings. The molecule has 4 nitrogen and oxygen atoms in total. The third-order valence-corrected chi connectivity index (χ3v) is 3.05. The minimum absolute atomic E-state index is 0.00794. The van der Waals surface area contributed by atoms with Crippen molar-refractivity contribution in [3.63, 3.8) is 0 Å². The highest BCUT2D eigenvalue weighted by Crippen LogP contribution is 2.16. The lowest BCUT2D eigenvalue weighted by atomic mass is 9.95. The number of Topliss-reactive ketones (excluding diaryl/α,β-unsaturated/α-hetero) is 1. The standard InChI is InChI=1S/C15H21NO3/c1-15(2,19-11-17)9-8-14(18)13(16)10-12-6-4-3-5-7-12/h3-7,11,13H,8-10,16H2,1-2H3/t13-/m0/s1. The molecule has 19 heavy (non-hydrogen) atoms. The van der Waals surface area contributed by atoms with Gasteiger partial charge >= 0.3 is 0 Å². The number of hydrogen-bond acceptors (Lipinski definition) is 4. The molecule has 0 unspecified atom stereocenters. The van der Waals surface area contributed by atoms with Crippen molar-refractivity contribution in [2.24, 2.45) is 5.73 Å². The molecule has 1 rings (SSSR count). The quantitative estimate of drug-likeness (QED) is 0.727. The fourth-order valence-corrected chi connectivity index (χ4v) is 1.78. The van der Waals surface area contributed by atoms with Gasteiger partial charge in [-0.25, -0.2) is 0 Å². The third-order valence-electron chi connectivity index (χ3n) is 3.05. The summed E-state index contributed by atoms with van der Waals surface area (Å²) in [5.41, 5.74) is 6.32. The number of ether oxygens (including phenoxy) is 1. The smallest absolute Gasteiger partial charge is 0.293 e. The first-order valence-electron chi connectivity index (χ1n) is 6.38. The minimum Gasteiger partial charge on any atom is -0.462 e. The fourth-order valence-electron chi connectivity index (χ4n) is 1.78. The average Bonchev–Trinajstić information content (AvgIpc) is 2.37. The molecule has 0 amide bonds. The maximum Gasteiger partial charge on any atom is 0.293 e. The molecule has 1 aromatic rings. The largest absolute Gasteiger partial charge is 0.462 e. The van der Waals surface area contributed by atoms with Crippen LogP contribution in [0.25, 0.3) is 0 Å². The molecular formula is C15H21NO3. The van der Waals surface area contributed by atoms with Crippen molar-refractivity contribution in [2.75, 3.05) is 0 Å². The van der Waals surface area contributed by atoms with Crippen molar-refractivity contribution in [1.82, 2.24) is 0 Å². The van der Waals surface area contributed by atoms with E-state index in [4.69, 9.17) is 10.5 Å². The van der Waals surface area contributed by atoms with E-state index in [1.165, 1.54) is 0 Å². The highest BCUT2D eigenvalue weighted by molar-refractivity contribution is 5.84. The summed E-state index contributed by atoms with van der Waals surface area (Å²) in [7, 11) is 0. The third kappa shape index (κ3) is 5.66. The lowest BCUT2D eigenvalue weighted by molar-refractivity contribution is -0.142. The number of rotatable bonds is 8. The van der Waals surface area contributed by atoms with Gasteiger partial charge in [0.05, 0.1) is 6.04 Å². The number of nitrogens with two attached hydrogens (primary N) is 1. The average molecular weight is 263 g/mol. The van der Waals surface area contributed by atoms with Crippen LogP contribution in [-0.4, -0.2) is 23.9 Å². The summed E-state index contributed by atoms with van der Waals surface area (Å²) in [4.78, 5) is 22.2. The van der Waals surface area contributed by atoms with Crippen molar-refractivity contribution >= 4 is 12.3 Å². The first kappa shape index (κ1) is 15.4. The summed E-state index contributed by atoms with van der Waals surface area (Å²) in [5, 5.41) is 0. The van der Waals surface area contributed by atoms with Crippen LogP contribution < -0.4 is 5.73 Å². The Morgan fingerprint density at radius 2 is 2.00 bits per heavy atom. The molecule has 0 aromatic heterocycles. The normalized spacial score (nSPS) is 12.8. The summed E-state index contributed by atoms with van der Waals surface area (Å²) in [6.45, 7) is 3.96. The van der Waals surface area contributed by atoms with Crippen LogP contribution in [0.1, 0.15) is 32.3 Å². The minimum atomic E-state index is -0.621. The van der Waals surface area contributed by atoms with E-state index in [1.807, 2.05) is 30.3 Å². The van der Waals surface area contributed by atoms with E-state index in [9.17, 15) is 9.59 Å². The van der Waals surface area contributed by atoms with Gasteiger partial charge < -0.3 is 10.5 Å². The van der Waals surface area contributed by atoms with Crippen LogP contribution in [0, 0.1) is 0 Å². The van der Waals surface area contributed by atoms with Gasteiger partial charge in [0.25, 0.3) is 6.47 Å². The maximum atomic E-state index is 11.9. The van der Waals surface area contributed by atoms with Crippen LogP contribution in [0.3, 0.4) is 0 Å². The van der Waals surface area contributed by atoms with Gasteiger partial charge in [-0.15, -0.1) is 0 Å². The van der Waals surface area contributed by atoms with E-state index >= 15 is 0 Å². The second kappa shape index (κ2) is 7.04. The lowest BCUT2D eigenvalue weighted by Gasteiger charge is -2.22. The maximum absolute atomic E-state index is 11.9. The van der Waals surface area contributed by atoms with Crippen molar-refractivity contribution in [1.29, 1.82) is 0 Å². The van der Waals surface area contributed by atoms with E-state index in [2.05, 4.69) is 0 Å². The van der Waals surface area contributed by atoms with Gasteiger partial charge in [-0.1, -0.05) is 30.3 Å². The zero-order valence-corrected chi connectivity index (χ0v) is 11.5. The van der Waals surface area contributed by atoms with Crippen molar-refractivity contribution in [2.45, 2.75) is 44.8 Å². The Balaban J connectivity index is 2.43. The van der Waals surface area contributed by atoms with Crippen molar-refractivity contribution < 1.29 is 14.3 Å². The van der Waals surface area contributed by atoms with Crippen LogP contribution in [0.2, 0.25) is 0 Å². The van der Waals surface area contributed by atoms with E-state index in [0.29, 0.717) is 25.7 Å². The summed E-state index contributed by atoms with van der Waals surface area (Å²) >= 11 is 0. The number of carbonyl (C=O) groups is 2. The van der Waals surface area contributed by atoms with E-state index in [-0.39, 0.29) is 5.78 Å². The van der Waals surface area contributed by atoms with Crippen LogP contribution in [0.4, 0.5) is 0 Å². The molecule has 0 saturated carbocycles. The van der Waals surface area contributed by atoms with E-state index in [1.54, 1.807) is 13.8 Å². The van der Waals surface area contributed by atoms with Crippen LogP contribution in [-0.2, 0) is 20.7 Å². The van der Waals surface area contributed by atoms with Gasteiger partial charge in [0, 0.05) is 6.42 Å². The number of ketones is 1. The van der Waals surface area contributed by atoms with Gasteiger partial charge in [0.2, 0.25) is 0 Å². The monoisotopic (exact) mass is 263 g/mol.